The van der Waals surface area contributed by atoms with Crippen molar-refractivity contribution in [1.29, 1.82) is 0 Å². The lowest BCUT2D eigenvalue weighted by atomic mass is 10.0. The largest absolute Gasteiger partial charge is 0.493 e. The van der Waals surface area contributed by atoms with Crippen LogP contribution in [0.5, 0.6) is 5.75 Å². The van der Waals surface area contributed by atoms with Gasteiger partial charge < -0.3 is 9.47 Å². The number of Topliss-reactive ketones (excluding diaryl/α,β-unsaturated/α-hetero) is 1. The summed E-state index contributed by atoms with van der Waals surface area (Å²) in [7, 11) is 1.65. The van der Waals surface area contributed by atoms with Crippen LogP contribution in [-0.2, 0) is 9.53 Å². The fourth-order valence-corrected chi connectivity index (χ4v) is 1.49. The van der Waals surface area contributed by atoms with Gasteiger partial charge in [-0.2, -0.15) is 0 Å². The van der Waals surface area contributed by atoms with Crippen LogP contribution in [0.15, 0.2) is 30.3 Å². The zero-order valence-electron chi connectivity index (χ0n) is 10.5. The van der Waals surface area contributed by atoms with E-state index in [2.05, 4.69) is 0 Å². The number of para-hydroxylation sites is 1. The van der Waals surface area contributed by atoms with E-state index in [4.69, 9.17) is 9.47 Å². The molecule has 0 N–H and O–H groups in total. The highest BCUT2D eigenvalue weighted by atomic mass is 16.5. The minimum absolute atomic E-state index is 0.0503. The zero-order valence-corrected chi connectivity index (χ0v) is 10.5. The van der Waals surface area contributed by atoms with Crippen LogP contribution in [0.1, 0.15) is 19.8 Å². The number of hydrogen-bond acceptors (Lipinski definition) is 3. The van der Waals surface area contributed by atoms with Gasteiger partial charge in [0.05, 0.1) is 6.61 Å². The Balaban J connectivity index is 2.20. The van der Waals surface area contributed by atoms with E-state index in [1.807, 2.05) is 37.3 Å². The van der Waals surface area contributed by atoms with Crippen molar-refractivity contribution in [3.05, 3.63) is 30.3 Å². The van der Waals surface area contributed by atoms with Crippen LogP contribution >= 0.6 is 0 Å². The number of rotatable bonds is 8. The Labute approximate surface area is 103 Å². The van der Waals surface area contributed by atoms with Gasteiger partial charge in [0.25, 0.3) is 0 Å². The number of hydrogen-bond donors (Lipinski definition) is 0. The topological polar surface area (TPSA) is 35.5 Å². The van der Waals surface area contributed by atoms with Gasteiger partial charge in [-0.1, -0.05) is 25.1 Å². The molecule has 0 aliphatic heterocycles. The summed E-state index contributed by atoms with van der Waals surface area (Å²) in [5.74, 6) is 1.09. The quantitative estimate of drug-likeness (QED) is 0.696. The molecule has 0 saturated carbocycles. The number of carbonyl (C=O) groups excluding carboxylic acids is 1. The third kappa shape index (κ3) is 5.50. The maximum Gasteiger partial charge on any atom is 0.139 e. The summed E-state index contributed by atoms with van der Waals surface area (Å²) in [5.41, 5.74) is 0. The van der Waals surface area contributed by atoms with Gasteiger partial charge in [0.2, 0.25) is 0 Å². The summed E-state index contributed by atoms with van der Waals surface area (Å²) < 4.78 is 10.4. The van der Waals surface area contributed by atoms with Crippen molar-refractivity contribution in [2.75, 3.05) is 20.3 Å². The SMILES string of the molecule is COCCC(C)C(=O)CCOc1ccccc1. The van der Waals surface area contributed by atoms with Gasteiger partial charge in [-0.3, -0.25) is 4.79 Å². The lowest BCUT2D eigenvalue weighted by molar-refractivity contribution is -0.123. The number of benzene rings is 1. The molecule has 94 valence electrons. The summed E-state index contributed by atoms with van der Waals surface area (Å²) >= 11 is 0. The predicted octanol–water partition coefficient (Wildman–Crippen LogP) is 2.70. The van der Waals surface area contributed by atoms with Gasteiger partial charge >= 0.3 is 0 Å². The molecule has 0 aliphatic rings. The first-order valence-corrected chi connectivity index (χ1v) is 5.93. The Hall–Kier alpha value is -1.35. The molecule has 0 amide bonds. The number of methoxy groups -OCH3 is 1. The van der Waals surface area contributed by atoms with E-state index in [0.29, 0.717) is 19.6 Å². The molecule has 1 rings (SSSR count). The average Bonchev–Trinajstić information content (AvgIpc) is 2.37. The molecule has 0 heterocycles. The molecule has 0 spiro atoms. The van der Waals surface area contributed by atoms with E-state index in [9.17, 15) is 4.79 Å². The molecule has 0 radical (unpaired) electrons. The molecule has 0 aromatic heterocycles. The number of ketones is 1. The maximum atomic E-state index is 11.7. The van der Waals surface area contributed by atoms with E-state index >= 15 is 0 Å². The first-order chi connectivity index (χ1) is 8.24. The number of carbonyl (C=O) groups is 1. The highest BCUT2D eigenvalue weighted by Crippen LogP contribution is 2.10. The van der Waals surface area contributed by atoms with Crippen LogP contribution in [0.3, 0.4) is 0 Å². The Morgan fingerprint density at radius 3 is 2.59 bits per heavy atom. The van der Waals surface area contributed by atoms with Gasteiger partial charge in [0.15, 0.2) is 0 Å². The van der Waals surface area contributed by atoms with Crippen molar-refractivity contribution in [2.24, 2.45) is 5.92 Å². The second-order valence-corrected chi connectivity index (χ2v) is 4.06. The standard InChI is InChI=1S/C14H20O3/c1-12(8-10-16-2)14(15)9-11-17-13-6-4-3-5-7-13/h3-7,12H,8-11H2,1-2H3. The number of ether oxygens (including phenoxy) is 2. The van der Waals surface area contributed by atoms with Crippen LogP contribution < -0.4 is 4.74 Å². The molecule has 1 aromatic carbocycles. The van der Waals surface area contributed by atoms with Crippen LogP contribution in [-0.4, -0.2) is 26.1 Å². The van der Waals surface area contributed by atoms with Gasteiger partial charge in [0, 0.05) is 26.1 Å². The molecule has 0 bridgehead atoms. The lowest BCUT2D eigenvalue weighted by Gasteiger charge is -2.10. The highest BCUT2D eigenvalue weighted by Gasteiger charge is 2.12. The van der Waals surface area contributed by atoms with Crippen molar-refractivity contribution < 1.29 is 14.3 Å². The lowest BCUT2D eigenvalue weighted by Crippen LogP contribution is -2.16. The third-order valence-corrected chi connectivity index (χ3v) is 2.67. The monoisotopic (exact) mass is 236 g/mol. The maximum absolute atomic E-state index is 11.7. The van der Waals surface area contributed by atoms with Gasteiger partial charge in [-0.05, 0) is 18.6 Å². The van der Waals surface area contributed by atoms with E-state index in [1.54, 1.807) is 7.11 Å². The molecule has 1 unspecified atom stereocenters. The Kier molecular flexibility index (Phi) is 6.33. The van der Waals surface area contributed by atoms with E-state index in [1.165, 1.54) is 0 Å². The minimum Gasteiger partial charge on any atom is -0.493 e. The Bertz CT molecular complexity index is 321. The van der Waals surface area contributed by atoms with Crippen molar-refractivity contribution in [3.8, 4) is 5.75 Å². The second kappa shape index (κ2) is 7.85. The van der Waals surface area contributed by atoms with E-state index < -0.39 is 0 Å². The summed E-state index contributed by atoms with van der Waals surface area (Å²) in [4.78, 5) is 11.7. The Morgan fingerprint density at radius 2 is 1.94 bits per heavy atom. The first-order valence-electron chi connectivity index (χ1n) is 5.93. The van der Waals surface area contributed by atoms with Crippen LogP contribution in [0.2, 0.25) is 0 Å². The van der Waals surface area contributed by atoms with E-state index in [0.717, 1.165) is 12.2 Å². The van der Waals surface area contributed by atoms with Crippen LogP contribution in [0.25, 0.3) is 0 Å². The van der Waals surface area contributed by atoms with Crippen LogP contribution in [0.4, 0.5) is 0 Å². The molecule has 0 aliphatic carbocycles. The smallest absolute Gasteiger partial charge is 0.139 e. The van der Waals surface area contributed by atoms with Crippen molar-refractivity contribution in [3.63, 3.8) is 0 Å². The van der Waals surface area contributed by atoms with Crippen molar-refractivity contribution in [1.82, 2.24) is 0 Å². The third-order valence-electron chi connectivity index (χ3n) is 2.67. The fourth-order valence-electron chi connectivity index (χ4n) is 1.49. The molecule has 17 heavy (non-hydrogen) atoms. The van der Waals surface area contributed by atoms with Crippen molar-refractivity contribution in [2.45, 2.75) is 19.8 Å². The van der Waals surface area contributed by atoms with Crippen molar-refractivity contribution >= 4 is 5.78 Å². The highest BCUT2D eigenvalue weighted by molar-refractivity contribution is 5.80. The molecule has 0 fully saturated rings. The molecular formula is C14H20O3. The molecule has 1 aromatic rings. The predicted molar refractivity (Wildman–Crippen MR) is 67.2 cm³/mol. The van der Waals surface area contributed by atoms with Gasteiger partial charge in [0.1, 0.15) is 11.5 Å². The summed E-state index contributed by atoms with van der Waals surface area (Å²) in [6.07, 6.45) is 1.24. The molecule has 3 heteroatoms. The zero-order chi connectivity index (χ0) is 12.5. The van der Waals surface area contributed by atoms with Gasteiger partial charge in [-0.15, -0.1) is 0 Å². The summed E-state index contributed by atoms with van der Waals surface area (Å²) in [6.45, 7) is 3.01. The minimum atomic E-state index is 0.0503. The molecule has 3 nitrogen and oxygen atoms in total. The first kappa shape index (κ1) is 13.7. The van der Waals surface area contributed by atoms with Gasteiger partial charge in [-0.25, -0.2) is 0 Å². The normalized spacial score (nSPS) is 12.1. The van der Waals surface area contributed by atoms with E-state index in [-0.39, 0.29) is 11.7 Å². The molecular weight excluding hydrogens is 216 g/mol. The summed E-state index contributed by atoms with van der Waals surface area (Å²) in [6, 6.07) is 9.54. The van der Waals surface area contributed by atoms with Crippen LogP contribution in [0, 0.1) is 5.92 Å². The second-order valence-electron chi connectivity index (χ2n) is 4.06. The molecule has 0 saturated heterocycles. The summed E-state index contributed by atoms with van der Waals surface area (Å²) in [5, 5.41) is 0. The molecule has 1 atom stereocenters. The average molecular weight is 236 g/mol. The fraction of sp³-hybridized carbons (Fsp3) is 0.500. The Morgan fingerprint density at radius 1 is 1.24 bits per heavy atom.